The van der Waals surface area contributed by atoms with Crippen molar-refractivity contribution in [2.24, 2.45) is 5.18 Å². The first-order valence-electron chi connectivity index (χ1n) is 7.12. The van der Waals surface area contributed by atoms with E-state index in [2.05, 4.69) is 16.8 Å². The van der Waals surface area contributed by atoms with Crippen LogP contribution in [0.15, 0.2) is 23.4 Å². The van der Waals surface area contributed by atoms with Gasteiger partial charge in [-0.15, -0.1) is 4.91 Å². The van der Waals surface area contributed by atoms with Crippen molar-refractivity contribution in [3.8, 4) is 0 Å². The minimum atomic E-state index is -3.38. The molecule has 21 heavy (non-hydrogen) atoms. The molecular weight excluding hydrogens is 312 g/mol. The molecule has 0 saturated carbocycles. The highest BCUT2D eigenvalue weighted by molar-refractivity contribution is 7.92. The van der Waals surface area contributed by atoms with Gasteiger partial charge in [-0.1, -0.05) is 50.6 Å². The SMILES string of the molecule is CCCCCCCCS(=O)(=O)Nc1ccc(N=O)c(Cl)c1. The molecule has 0 heterocycles. The number of sulfonamides is 1. The fourth-order valence-electron chi connectivity index (χ4n) is 1.95. The molecule has 0 aliphatic heterocycles. The summed E-state index contributed by atoms with van der Waals surface area (Å²) in [5.41, 5.74) is 0.439. The number of anilines is 1. The summed E-state index contributed by atoms with van der Waals surface area (Å²) in [4.78, 5) is 10.4. The van der Waals surface area contributed by atoms with E-state index in [1.165, 1.54) is 31.0 Å². The first-order valence-corrected chi connectivity index (χ1v) is 9.15. The van der Waals surface area contributed by atoms with Crippen molar-refractivity contribution in [3.05, 3.63) is 28.1 Å². The number of nitrogens with zero attached hydrogens (tertiary/aromatic N) is 1. The quantitative estimate of drug-likeness (QED) is 0.492. The van der Waals surface area contributed by atoms with Gasteiger partial charge in [0.15, 0.2) is 0 Å². The molecule has 0 saturated heterocycles. The maximum absolute atomic E-state index is 11.9. The fourth-order valence-corrected chi connectivity index (χ4v) is 3.33. The number of halogens is 1. The minimum Gasteiger partial charge on any atom is -0.284 e. The van der Waals surface area contributed by atoms with Crippen molar-refractivity contribution in [2.75, 3.05) is 10.5 Å². The number of unbranched alkanes of at least 4 members (excludes halogenated alkanes) is 5. The normalized spacial score (nSPS) is 11.3. The molecule has 5 nitrogen and oxygen atoms in total. The van der Waals surface area contributed by atoms with E-state index in [1.807, 2.05) is 0 Å². The predicted molar refractivity (Wildman–Crippen MR) is 87.7 cm³/mol. The highest BCUT2D eigenvalue weighted by atomic mass is 35.5. The van der Waals surface area contributed by atoms with Crippen molar-refractivity contribution in [1.82, 2.24) is 0 Å². The van der Waals surface area contributed by atoms with Crippen molar-refractivity contribution in [3.63, 3.8) is 0 Å². The van der Waals surface area contributed by atoms with E-state index in [-0.39, 0.29) is 16.5 Å². The highest BCUT2D eigenvalue weighted by Crippen LogP contribution is 2.28. The highest BCUT2D eigenvalue weighted by Gasteiger charge is 2.11. The lowest BCUT2D eigenvalue weighted by atomic mass is 10.1. The second kappa shape index (κ2) is 9.00. The van der Waals surface area contributed by atoms with Gasteiger partial charge in [-0.05, 0) is 29.8 Å². The van der Waals surface area contributed by atoms with E-state index in [0.717, 1.165) is 19.3 Å². The van der Waals surface area contributed by atoms with Gasteiger partial charge >= 0.3 is 0 Å². The monoisotopic (exact) mass is 332 g/mol. The molecule has 0 radical (unpaired) electrons. The summed E-state index contributed by atoms with van der Waals surface area (Å²) in [5.74, 6) is 0.0877. The van der Waals surface area contributed by atoms with Gasteiger partial charge in [0.1, 0.15) is 5.69 Å². The number of benzene rings is 1. The molecule has 0 unspecified atom stereocenters. The summed E-state index contributed by atoms with van der Waals surface area (Å²) in [5, 5.41) is 2.86. The lowest BCUT2D eigenvalue weighted by Crippen LogP contribution is -2.16. The van der Waals surface area contributed by atoms with E-state index in [9.17, 15) is 13.3 Å². The zero-order valence-electron chi connectivity index (χ0n) is 12.1. The average molecular weight is 333 g/mol. The fraction of sp³-hybridized carbons (Fsp3) is 0.571. The van der Waals surface area contributed by atoms with Crippen LogP contribution in [0.4, 0.5) is 11.4 Å². The number of rotatable bonds is 10. The lowest BCUT2D eigenvalue weighted by Gasteiger charge is -2.08. The second-order valence-corrected chi connectivity index (χ2v) is 7.20. The average Bonchev–Trinajstić information content (AvgIpc) is 2.42. The zero-order valence-corrected chi connectivity index (χ0v) is 13.7. The largest absolute Gasteiger partial charge is 0.284 e. The van der Waals surface area contributed by atoms with Crippen molar-refractivity contribution < 1.29 is 8.42 Å². The van der Waals surface area contributed by atoms with Crippen LogP contribution in [0.2, 0.25) is 5.02 Å². The van der Waals surface area contributed by atoms with E-state index < -0.39 is 10.0 Å². The van der Waals surface area contributed by atoms with Crippen LogP contribution in [-0.2, 0) is 10.0 Å². The van der Waals surface area contributed by atoms with Crippen molar-refractivity contribution in [2.45, 2.75) is 45.4 Å². The molecule has 0 spiro atoms. The molecule has 1 N–H and O–H groups in total. The van der Waals surface area contributed by atoms with Crippen LogP contribution < -0.4 is 4.72 Å². The van der Waals surface area contributed by atoms with Gasteiger partial charge in [0.2, 0.25) is 10.0 Å². The zero-order chi connectivity index (χ0) is 15.7. The predicted octanol–water partition coefficient (Wildman–Crippen LogP) is 4.84. The van der Waals surface area contributed by atoms with E-state index >= 15 is 0 Å². The Hall–Kier alpha value is -1.14. The minimum absolute atomic E-state index is 0.0877. The summed E-state index contributed by atoms with van der Waals surface area (Å²) >= 11 is 5.81. The topological polar surface area (TPSA) is 75.6 Å². The Morgan fingerprint density at radius 1 is 1.14 bits per heavy atom. The van der Waals surface area contributed by atoms with Gasteiger partial charge in [-0.25, -0.2) is 8.42 Å². The summed E-state index contributed by atoms with van der Waals surface area (Å²) in [6, 6.07) is 4.25. The van der Waals surface area contributed by atoms with Crippen LogP contribution in [0, 0.1) is 4.91 Å². The van der Waals surface area contributed by atoms with Gasteiger partial charge in [-0.2, -0.15) is 0 Å². The molecule has 1 aromatic carbocycles. The maximum atomic E-state index is 11.9. The standard InChI is InChI=1S/C14H21ClN2O3S/c1-2-3-4-5-6-7-10-21(19,20)17-12-8-9-14(16-18)13(15)11-12/h8-9,11,17H,2-7,10H2,1H3. The Bertz CT molecular complexity index is 561. The maximum Gasteiger partial charge on any atom is 0.232 e. The van der Waals surface area contributed by atoms with Crippen molar-refractivity contribution in [1.29, 1.82) is 0 Å². The Morgan fingerprint density at radius 2 is 1.81 bits per heavy atom. The number of hydrogen-bond donors (Lipinski definition) is 1. The molecule has 118 valence electrons. The third-order valence-corrected chi connectivity index (χ3v) is 4.76. The lowest BCUT2D eigenvalue weighted by molar-refractivity contribution is 0.588. The summed E-state index contributed by atoms with van der Waals surface area (Å²) in [6.07, 6.45) is 6.14. The van der Waals surface area contributed by atoms with E-state index in [1.54, 1.807) is 0 Å². The van der Waals surface area contributed by atoms with E-state index in [0.29, 0.717) is 12.1 Å². The number of nitroso groups, excluding NO2 is 1. The van der Waals surface area contributed by atoms with Crippen LogP contribution >= 0.6 is 11.6 Å². The van der Waals surface area contributed by atoms with Crippen LogP contribution in [0.3, 0.4) is 0 Å². The molecule has 0 aromatic heterocycles. The van der Waals surface area contributed by atoms with Gasteiger partial charge in [-0.3, -0.25) is 4.72 Å². The third-order valence-electron chi connectivity index (χ3n) is 3.09. The molecular formula is C14H21ClN2O3S. The van der Waals surface area contributed by atoms with Gasteiger partial charge < -0.3 is 0 Å². The second-order valence-electron chi connectivity index (χ2n) is 4.95. The van der Waals surface area contributed by atoms with Crippen LogP contribution in [0.1, 0.15) is 45.4 Å². The summed E-state index contributed by atoms with van der Waals surface area (Å²) in [7, 11) is -3.38. The molecule has 0 aliphatic rings. The molecule has 0 fully saturated rings. The molecule has 7 heteroatoms. The molecule has 0 amide bonds. The molecule has 0 atom stereocenters. The van der Waals surface area contributed by atoms with Crippen LogP contribution in [0.25, 0.3) is 0 Å². The smallest absolute Gasteiger partial charge is 0.232 e. The first-order chi connectivity index (χ1) is 9.98. The van der Waals surface area contributed by atoms with Gasteiger partial charge in [0.25, 0.3) is 0 Å². The Morgan fingerprint density at radius 3 is 2.43 bits per heavy atom. The first kappa shape index (κ1) is 17.9. The van der Waals surface area contributed by atoms with Crippen LogP contribution in [0.5, 0.6) is 0 Å². The number of hydrogen-bond acceptors (Lipinski definition) is 4. The molecule has 1 rings (SSSR count). The van der Waals surface area contributed by atoms with Crippen LogP contribution in [-0.4, -0.2) is 14.2 Å². The molecule has 0 aliphatic carbocycles. The molecule has 0 bridgehead atoms. The summed E-state index contributed by atoms with van der Waals surface area (Å²) in [6.45, 7) is 2.14. The van der Waals surface area contributed by atoms with Crippen molar-refractivity contribution >= 4 is 33.0 Å². The Labute approximate surface area is 131 Å². The van der Waals surface area contributed by atoms with E-state index in [4.69, 9.17) is 11.6 Å². The van der Waals surface area contributed by atoms with Gasteiger partial charge in [0.05, 0.1) is 16.5 Å². The Balaban J connectivity index is 2.45. The Kier molecular flexibility index (Phi) is 7.67. The van der Waals surface area contributed by atoms with Gasteiger partial charge in [0, 0.05) is 0 Å². The molecule has 1 aromatic rings. The number of nitrogens with one attached hydrogen (secondary N) is 1. The third kappa shape index (κ3) is 6.91. The summed E-state index contributed by atoms with van der Waals surface area (Å²) < 4.78 is 26.3.